The molecule has 0 bridgehead atoms. The van der Waals surface area contributed by atoms with Gasteiger partial charge in [-0.1, -0.05) is 0 Å². The Hall–Kier alpha value is -1.57. The van der Waals surface area contributed by atoms with Crippen molar-refractivity contribution < 1.29 is 12.8 Å². The zero-order valence-electron chi connectivity index (χ0n) is 12.9. The molecule has 0 aliphatic carbocycles. The van der Waals surface area contributed by atoms with E-state index < -0.39 is 10.2 Å². The van der Waals surface area contributed by atoms with Gasteiger partial charge >= 0.3 is 0 Å². The van der Waals surface area contributed by atoms with E-state index in [1.54, 1.807) is 14.9 Å². The van der Waals surface area contributed by atoms with Crippen LogP contribution in [-0.2, 0) is 10.2 Å². The third-order valence-corrected chi connectivity index (χ3v) is 6.91. The van der Waals surface area contributed by atoms with Crippen LogP contribution in [0.3, 0.4) is 0 Å². The molecular formula is C16H21N3O3S. The van der Waals surface area contributed by atoms with Crippen LogP contribution in [0, 0.1) is 0 Å². The first kappa shape index (κ1) is 15.0. The predicted molar refractivity (Wildman–Crippen MR) is 85.8 cm³/mol. The fraction of sp³-hybridized carbons (Fsp3) is 0.500. The van der Waals surface area contributed by atoms with Gasteiger partial charge in [-0.15, -0.1) is 0 Å². The van der Waals surface area contributed by atoms with Crippen molar-refractivity contribution in [2.75, 3.05) is 13.1 Å². The number of rotatable bonds is 4. The third kappa shape index (κ3) is 2.52. The van der Waals surface area contributed by atoms with E-state index in [4.69, 9.17) is 4.42 Å². The van der Waals surface area contributed by atoms with E-state index >= 15 is 0 Å². The Morgan fingerprint density at radius 1 is 1.04 bits per heavy atom. The van der Waals surface area contributed by atoms with Crippen LogP contribution in [-0.4, -0.2) is 35.1 Å². The largest absolute Gasteiger partial charge is 0.468 e. The molecular weight excluding hydrogens is 314 g/mol. The first-order valence-electron chi connectivity index (χ1n) is 8.13. The van der Waals surface area contributed by atoms with Crippen LogP contribution >= 0.6 is 0 Å². The van der Waals surface area contributed by atoms with Crippen LogP contribution in [0.4, 0.5) is 0 Å². The number of aromatic nitrogens is 1. The van der Waals surface area contributed by atoms with Crippen molar-refractivity contribution in [3.63, 3.8) is 0 Å². The number of hydrogen-bond donors (Lipinski definition) is 1. The molecule has 2 atom stereocenters. The standard InChI is InChI=1S/C16H21N3O3S/c20-23(21,18-10-2-6-14(18)13-5-1-9-17-13)19-11-3-7-15(19)16-8-4-12-22-16/h1,4-5,8-9,12,14-15,17H,2-3,6-7,10-11H2. The van der Waals surface area contributed by atoms with Gasteiger partial charge in [0.05, 0.1) is 18.3 Å². The molecule has 0 amide bonds. The van der Waals surface area contributed by atoms with Gasteiger partial charge in [-0.3, -0.25) is 0 Å². The minimum absolute atomic E-state index is 0.0900. The number of H-pyrrole nitrogens is 1. The molecule has 2 fully saturated rings. The Bertz CT molecular complexity index is 681. The molecule has 4 heterocycles. The van der Waals surface area contributed by atoms with Gasteiger partial charge in [-0.2, -0.15) is 17.0 Å². The minimum atomic E-state index is -3.50. The van der Waals surface area contributed by atoms with Crippen LogP contribution in [0.15, 0.2) is 41.1 Å². The lowest BCUT2D eigenvalue weighted by Crippen LogP contribution is -2.43. The normalized spacial score (nSPS) is 27.0. The molecule has 0 radical (unpaired) electrons. The summed E-state index contributed by atoms with van der Waals surface area (Å²) in [5.41, 5.74) is 0.972. The van der Waals surface area contributed by atoms with Crippen LogP contribution in [0.25, 0.3) is 0 Å². The number of nitrogens with zero attached hydrogens (tertiary/aromatic N) is 2. The maximum absolute atomic E-state index is 13.2. The van der Waals surface area contributed by atoms with E-state index in [0.29, 0.717) is 13.1 Å². The van der Waals surface area contributed by atoms with E-state index in [9.17, 15) is 8.42 Å². The van der Waals surface area contributed by atoms with Gasteiger partial charge in [0.15, 0.2) is 0 Å². The molecule has 2 aromatic rings. The van der Waals surface area contributed by atoms with Crippen LogP contribution in [0.1, 0.15) is 49.2 Å². The molecule has 6 nitrogen and oxygen atoms in total. The summed E-state index contributed by atoms with van der Waals surface area (Å²) in [6.07, 6.45) is 6.89. The molecule has 1 N–H and O–H groups in total. The SMILES string of the molecule is O=S(=O)(N1CCCC1c1ccc[nH]1)N1CCCC1c1ccco1. The zero-order chi connectivity index (χ0) is 15.9. The summed E-state index contributed by atoms with van der Waals surface area (Å²) < 4.78 is 35.2. The smallest absolute Gasteiger partial charge is 0.283 e. The molecule has 7 heteroatoms. The molecule has 0 saturated carbocycles. The molecule has 124 valence electrons. The summed E-state index contributed by atoms with van der Waals surface area (Å²) in [5, 5.41) is 0. The quantitative estimate of drug-likeness (QED) is 0.934. The lowest BCUT2D eigenvalue weighted by molar-refractivity contribution is 0.293. The van der Waals surface area contributed by atoms with Crippen molar-refractivity contribution in [2.45, 2.75) is 37.8 Å². The highest BCUT2D eigenvalue weighted by Crippen LogP contribution is 2.40. The summed E-state index contributed by atoms with van der Waals surface area (Å²) in [7, 11) is -3.50. The first-order chi connectivity index (χ1) is 11.2. The fourth-order valence-electron chi connectivity index (χ4n) is 3.79. The fourth-order valence-corrected chi connectivity index (χ4v) is 5.86. The summed E-state index contributed by atoms with van der Waals surface area (Å²) in [6.45, 7) is 1.13. The highest BCUT2D eigenvalue weighted by atomic mass is 32.2. The summed E-state index contributed by atoms with van der Waals surface area (Å²) in [6, 6.07) is 7.29. The number of hydrogen-bond acceptors (Lipinski definition) is 3. The van der Waals surface area contributed by atoms with Crippen molar-refractivity contribution in [3.8, 4) is 0 Å². The molecule has 2 aliphatic rings. The monoisotopic (exact) mass is 335 g/mol. The maximum atomic E-state index is 13.2. The second-order valence-corrected chi connectivity index (χ2v) is 8.02. The van der Waals surface area contributed by atoms with Crippen LogP contribution in [0.5, 0.6) is 0 Å². The van der Waals surface area contributed by atoms with Gasteiger partial charge < -0.3 is 9.40 Å². The van der Waals surface area contributed by atoms with Gasteiger partial charge in [0, 0.05) is 25.0 Å². The second-order valence-electron chi connectivity index (χ2n) is 6.19. The van der Waals surface area contributed by atoms with Crippen LogP contribution in [0.2, 0.25) is 0 Å². The highest BCUT2D eigenvalue weighted by molar-refractivity contribution is 7.86. The van der Waals surface area contributed by atoms with E-state index in [1.807, 2.05) is 30.5 Å². The average molecular weight is 335 g/mol. The summed E-state index contributed by atoms with van der Waals surface area (Å²) in [4.78, 5) is 3.17. The average Bonchev–Trinajstić information content (AvgIpc) is 3.35. The Morgan fingerprint density at radius 3 is 2.43 bits per heavy atom. The Balaban J connectivity index is 1.64. The van der Waals surface area contributed by atoms with Crippen molar-refractivity contribution in [1.29, 1.82) is 0 Å². The van der Waals surface area contributed by atoms with E-state index in [1.165, 1.54) is 0 Å². The summed E-state index contributed by atoms with van der Waals surface area (Å²) >= 11 is 0. The van der Waals surface area contributed by atoms with Crippen molar-refractivity contribution in [3.05, 3.63) is 48.2 Å². The molecule has 0 aromatic carbocycles. The molecule has 0 spiro atoms. The van der Waals surface area contributed by atoms with Crippen molar-refractivity contribution >= 4 is 10.2 Å². The topological polar surface area (TPSA) is 69.6 Å². The van der Waals surface area contributed by atoms with Gasteiger partial charge in [-0.05, 0) is 49.9 Å². The van der Waals surface area contributed by atoms with Gasteiger partial charge in [-0.25, -0.2) is 0 Å². The Morgan fingerprint density at radius 2 is 1.78 bits per heavy atom. The van der Waals surface area contributed by atoms with Crippen LogP contribution < -0.4 is 0 Å². The maximum Gasteiger partial charge on any atom is 0.283 e. The van der Waals surface area contributed by atoms with Crippen molar-refractivity contribution in [2.24, 2.45) is 0 Å². The molecule has 2 unspecified atom stereocenters. The minimum Gasteiger partial charge on any atom is -0.468 e. The van der Waals surface area contributed by atoms with Crippen molar-refractivity contribution in [1.82, 2.24) is 13.6 Å². The van der Waals surface area contributed by atoms with E-state index in [-0.39, 0.29) is 12.1 Å². The molecule has 4 rings (SSSR count). The highest BCUT2D eigenvalue weighted by Gasteiger charge is 2.44. The Kier molecular flexibility index (Phi) is 3.79. The van der Waals surface area contributed by atoms with Gasteiger partial charge in [0.25, 0.3) is 10.2 Å². The van der Waals surface area contributed by atoms with Gasteiger partial charge in [0.2, 0.25) is 0 Å². The zero-order valence-corrected chi connectivity index (χ0v) is 13.7. The van der Waals surface area contributed by atoms with Gasteiger partial charge in [0.1, 0.15) is 5.76 Å². The molecule has 23 heavy (non-hydrogen) atoms. The predicted octanol–water partition coefficient (Wildman–Crippen LogP) is 2.83. The third-order valence-electron chi connectivity index (χ3n) is 4.85. The first-order valence-corrected chi connectivity index (χ1v) is 9.53. The van der Waals surface area contributed by atoms with E-state index in [0.717, 1.165) is 37.1 Å². The number of nitrogens with one attached hydrogen (secondary N) is 1. The Labute approximate surface area is 136 Å². The number of aromatic amines is 1. The second kappa shape index (κ2) is 5.81. The molecule has 2 saturated heterocycles. The number of furan rings is 1. The molecule has 2 aliphatic heterocycles. The lowest BCUT2D eigenvalue weighted by atomic mass is 10.2. The van der Waals surface area contributed by atoms with E-state index in [2.05, 4.69) is 4.98 Å². The molecule has 2 aromatic heterocycles. The summed E-state index contributed by atoms with van der Waals surface area (Å²) in [5.74, 6) is 0.738. The lowest BCUT2D eigenvalue weighted by Gasteiger charge is -2.31.